The Kier molecular flexibility index (Phi) is 11.2. The van der Waals surface area contributed by atoms with E-state index < -0.39 is 5.79 Å². The highest BCUT2D eigenvalue weighted by atomic mass is 31.2. The third kappa shape index (κ3) is 6.24. The largest absolute Gasteiger partial charge is 0.349 e. The van der Waals surface area contributed by atoms with E-state index >= 15 is 0 Å². The molecule has 4 fully saturated rings. The summed E-state index contributed by atoms with van der Waals surface area (Å²) in [7, 11) is 3.50. The van der Waals surface area contributed by atoms with Gasteiger partial charge in [0.15, 0.2) is 5.79 Å². The van der Waals surface area contributed by atoms with Gasteiger partial charge in [-0.05, 0) is 92.1 Å². The smallest absolute Gasteiger partial charge is 0.195 e. The molecule has 5 aliphatic rings. The molecule has 0 radical (unpaired) electrons. The molecule has 0 saturated heterocycles. The van der Waals surface area contributed by atoms with Gasteiger partial charge in [-0.1, -0.05) is 129 Å². The zero-order chi connectivity index (χ0) is 28.8. The number of hydrogen-bond acceptors (Lipinski definition) is 2. The summed E-state index contributed by atoms with van der Waals surface area (Å²) in [6, 6.07) is 11.8. The van der Waals surface area contributed by atoms with Gasteiger partial charge in [-0.15, -0.1) is 0 Å². The summed E-state index contributed by atoms with van der Waals surface area (Å²) < 4.78 is 13.4. The second kappa shape index (κ2) is 14.9. The van der Waals surface area contributed by atoms with Gasteiger partial charge in [0.1, 0.15) is 0 Å². The first-order chi connectivity index (χ1) is 20.7. The van der Waals surface area contributed by atoms with Crippen LogP contribution in [-0.2, 0) is 9.47 Å². The highest BCUT2D eigenvalue weighted by Gasteiger charge is 2.64. The fourth-order valence-electron chi connectivity index (χ4n) is 10.5. The van der Waals surface area contributed by atoms with Crippen molar-refractivity contribution in [1.29, 1.82) is 0 Å². The first-order valence-electron chi connectivity index (χ1n) is 18.1. The fraction of sp³-hybridized carbons (Fsp3) is 0.789. The molecule has 4 saturated carbocycles. The average molecular weight is 611 g/mol. The average Bonchev–Trinajstić information content (AvgIpc) is 3.07. The number of rotatable bonds is 9. The van der Waals surface area contributed by atoms with Crippen LogP contribution in [0.15, 0.2) is 42.5 Å². The van der Waals surface area contributed by atoms with Crippen molar-refractivity contribution in [3.05, 3.63) is 48.0 Å². The van der Waals surface area contributed by atoms with E-state index in [2.05, 4.69) is 42.5 Å². The van der Waals surface area contributed by atoms with Crippen molar-refractivity contribution in [3.63, 3.8) is 0 Å². The van der Waals surface area contributed by atoms with Gasteiger partial charge in [0.25, 0.3) is 0 Å². The van der Waals surface area contributed by atoms with Crippen LogP contribution >= 0.6 is 15.8 Å². The molecule has 1 aromatic carbocycles. The van der Waals surface area contributed by atoms with Crippen molar-refractivity contribution in [2.45, 2.75) is 174 Å². The van der Waals surface area contributed by atoms with E-state index in [4.69, 9.17) is 9.47 Å². The molecule has 0 unspecified atom stereocenters. The Labute approximate surface area is 261 Å². The Morgan fingerprint density at radius 1 is 0.548 bits per heavy atom. The van der Waals surface area contributed by atoms with Crippen LogP contribution in [0.25, 0.3) is 0 Å². The molecule has 5 aliphatic carbocycles. The van der Waals surface area contributed by atoms with Crippen LogP contribution in [-0.4, -0.2) is 47.5 Å². The van der Waals surface area contributed by atoms with Crippen LogP contribution in [0, 0.1) is 0 Å². The van der Waals surface area contributed by atoms with Crippen molar-refractivity contribution in [1.82, 2.24) is 0 Å². The van der Waals surface area contributed by atoms with E-state index in [-0.39, 0.29) is 21.8 Å². The van der Waals surface area contributed by atoms with Gasteiger partial charge in [-0.25, -0.2) is 0 Å². The fourth-order valence-corrected chi connectivity index (χ4v) is 22.8. The standard InChI is InChI=1S/C38H60O2P2/c1-39-37(40-2)29-18-30-38(36(37)31-19-8-3-9-20-31,41(32-21-10-4-11-22-32)33-23-12-5-13-24-33)42(34-25-14-6-15-26-34)35-27-16-7-17-28-35/h3,8-9,18-20,29,32-36H,4-7,10-17,21-28,30H2,1-2H3/t36-/m1/s1. The molecule has 2 nitrogen and oxygen atoms in total. The second-order valence-electron chi connectivity index (χ2n) is 14.4. The van der Waals surface area contributed by atoms with Crippen LogP contribution in [0.2, 0.25) is 0 Å². The summed E-state index contributed by atoms with van der Waals surface area (Å²) in [5, 5.41) is 0. The zero-order valence-electron chi connectivity index (χ0n) is 27.0. The predicted octanol–water partition coefficient (Wildman–Crippen LogP) is 11.7. The molecule has 42 heavy (non-hydrogen) atoms. The van der Waals surface area contributed by atoms with Crippen LogP contribution in [0.3, 0.4) is 0 Å². The van der Waals surface area contributed by atoms with Crippen LogP contribution in [0.4, 0.5) is 0 Å². The number of methoxy groups -OCH3 is 2. The molecule has 4 heteroatoms. The molecule has 0 amide bonds. The van der Waals surface area contributed by atoms with Gasteiger partial charge < -0.3 is 9.47 Å². The summed E-state index contributed by atoms with van der Waals surface area (Å²) >= 11 is 0. The molecule has 0 aliphatic heterocycles. The maximum atomic E-state index is 6.71. The Hall–Kier alpha value is -0.260. The lowest BCUT2D eigenvalue weighted by Gasteiger charge is -2.64. The highest BCUT2D eigenvalue weighted by molar-refractivity contribution is 7.78. The lowest BCUT2D eigenvalue weighted by molar-refractivity contribution is -0.191. The first kappa shape index (κ1) is 31.7. The Bertz CT molecular complexity index is 890. The van der Waals surface area contributed by atoms with E-state index in [9.17, 15) is 0 Å². The van der Waals surface area contributed by atoms with E-state index in [1.807, 2.05) is 14.2 Å². The Morgan fingerprint density at radius 3 is 1.29 bits per heavy atom. The van der Waals surface area contributed by atoms with Gasteiger partial charge in [-0.2, -0.15) is 0 Å². The van der Waals surface area contributed by atoms with Crippen molar-refractivity contribution >= 4 is 15.8 Å². The van der Waals surface area contributed by atoms with Crippen LogP contribution < -0.4 is 0 Å². The van der Waals surface area contributed by atoms with Crippen molar-refractivity contribution < 1.29 is 9.47 Å². The molecule has 0 N–H and O–H groups in total. The number of benzene rings is 1. The van der Waals surface area contributed by atoms with E-state index in [1.165, 1.54) is 140 Å². The molecule has 234 valence electrons. The normalized spacial score (nSPS) is 28.4. The minimum absolute atomic E-state index is 0.204. The zero-order valence-corrected chi connectivity index (χ0v) is 28.8. The third-order valence-corrected chi connectivity index (χ3v) is 21.4. The van der Waals surface area contributed by atoms with Crippen molar-refractivity contribution in [2.75, 3.05) is 14.2 Å². The number of ether oxygens (including phenoxy) is 2. The molecule has 6 rings (SSSR count). The van der Waals surface area contributed by atoms with Crippen molar-refractivity contribution in [3.8, 4) is 0 Å². The Morgan fingerprint density at radius 2 is 0.929 bits per heavy atom. The monoisotopic (exact) mass is 610 g/mol. The van der Waals surface area contributed by atoms with Gasteiger partial charge in [0.2, 0.25) is 0 Å². The third-order valence-electron chi connectivity index (χ3n) is 12.2. The Balaban J connectivity index is 1.62. The summed E-state index contributed by atoms with van der Waals surface area (Å²) in [4.78, 5) is 0.292. The van der Waals surface area contributed by atoms with Gasteiger partial charge >= 0.3 is 0 Å². The SMILES string of the molecule is COC1(OC)C=CCC(P(C2CCCCC2)C2CCCCC2)(P(C2CCCCC2)C2CCCCC2)[C@@H]1c1ccccc1. The van der Waals surface area contributed by atoms with Crippen molar-refractivity contribution in [2.24, 2.45) is 0 Å². The molecule has 0 heterocycles. The minimum Gasteiger partial charge on any atom is -0.349 e. The molecule has 1 atom stereocenters. The summed E-state index contributed by atoms with van der Waals surface area (Å²) in [6.07, 6.45) is 35.7. The maximum Gasteiger partial charge on any atom is 0.195 e. The number of allylic oxidation sites excluding steroid dienone is 1. The summed E-state index contributed by atoms with van der Waals surface area (Å²) in [6.45, 7) is 0. The van der Waals surface area contributed by atoms with E-state index in [1.54, 1.807) is 0 Å². The van der Waals surface area contributed by atoms with Gasteiger partial charge in [0.05, 0.1) is 5.92 Å². The topological polar surface area (TPSA) is 18.5 Å². The number of hydrogen-bond donors (Lipinski definition) is 0. The summed E-state index contributed by atoms with van der Waals surface area (Å²) in [5.74, 6) is -0.385. The summed E-state index contributed by atoms with van der Waals surface area (Å²) in [5.41, 5.74) is 5.22. The van der Waals surface area contributed by atoms with Crippen LogP contribution in [0.5, 0.6) is 0 Å². The van der Waals surface area contributed by atoms with Gasteiger partial charge in [-0.3, -0.25) is 0 Å². The molecular weight excluding hydrogens is 550 g/mol. The van der Waals surface area contributed by atoms with E-state index in [0.29, 0.717) is 4.90 Å². The van der Waals surface area contributed by atoms with Gasteiger partial charge in [0, 0.05) is 19.1 Å². The van der Waals surface area contributed by atoms with Crippen LogP contribution in [0.1, 0.15) is 146 Å². The highest BCUT2D eigenvalue weighted by Crippen LogP contribution is 2.84. The maximum absolute atomic E-state index is 6.71. The molecular formula is C38H60O2P2. The lowest BCUT2D eigenvalue weighted by atomic mass is 9.81. The minimum atomic E-state index is -0.673. The molecule has 1 aromatic rings. The van der Waals surface area contributed by atoms with E-state index in [0.717, 1.165) is 22.6 Å². The predicted molar refractivity (Wildman–Crippen MR) is 184 cm³/mol. The molecule has 0 bridgehead atoms. The quantitative estimate of drug-likeness (QED) is 0.157. The first-order valence-corrected chi connectivity index (χ1v) is 21.1. The lowest BCUT2D eigenvalue weighted by Crippen LogP contribution is -2.55. The molecule has 0 aromatic heterocycles. The molecule has 0 spiro atoms. The second-order valence-corrected chi connectivity index (χ2v) is 20.9.